The van der Waals surface area contributed by atoms with Crippen LogP contribution in [0.25, 0.3) is 5.65 Å². The molecule has 2 aromatic rings. The zero-order valence-electron chi connectivity index (χ0n) is 12.6. The van der Waals surface area contributed by atoms with Crippen molar-refractivity contribution in [3.63, 3.8) is 0 Å². The minimum absolute atomic E-state index is 0.0241. The molecule has 0 aliphatic heterocycles. The van der Waals surface area contributed by atoms with E-state index in [9.17, 15) is 0 Å². The van der Waals surface area contributed by atoms with Gasteiger partial charge >= 0.3 is 0 Å². The van der Waals surface area contributed by atoms with E-state index < -0.39 is 0 Å². The largest absolute Gasteiger partial charge is 0.304 e. The molecule has 0 aromatic carbocycles. The molecule has 0 fully saturated rings. The highest BCUT2D eigenvalue weighted by molar-refractivity contribution is 6.30. The molecule has 4 heteroatoms. The molecule has 0 radical (unpaired) electrons. The van der Waals surface area contributed by atoms with E-state index in [1.165, 1.54) is 5.69 Å². The maximum absolute atomic E-state index is 6.19. The van der Waals surface area contributed by atoms with Gasteiger partial charge in [0.1, 0.15) is 5.65 Å². The van der Waals surface area contributed by atoms with E-state index in [1.54, 1.807) is 0 Å². The second kappa shape index (κ2) is 4.80. The maximum atomic E-state index is 6.19. The Morgan fingerprint density at radius 3 is 2.47 bits per heavy atom. The van der Waals surface area contributed by atoms with E-state index in [0.29, 0.717) is 0 Å². The molecule has 0 aliphatic rings. The van der Waals surface area contributed by atoms with Gasteiger partial charge in [0.15, 0.2) is 0 Å². The lowest BCUT2D eigenvalue weighted by molar-refractivity contribution is 0.389. The normalized spacial score (nSPS) is 12.6. The van der Waals surface area contributed by atoms with Crippen molar-refractivity contribution >= 4 is 17.2 Å². The summed E-state index contributed by atoms with van der Waals surface area (Å²) in [6.45, 7) is 9.51. The SMILES string of the molecule is Cc1cc(Cl)cn2c(CN(C)C)c(C(C)(C)C)nc12. The van der Waals surface area contributed by atoms with Crippen LogP contribution in [-0.4, -0.2) is 28.4 Å². The van der Waals surface area contributed by atoms with Crippen molar-refractivity contribution in [1.82, 2.24) is 14.3 Å². The molecule has 0 N–H and O–H groups in total. The molecule has 0 unspecified atom stereocenters. The predicted molar refractivity (Wildman–Crippen MR) is 81.0 cm³/mol. The third-order valence-corrected chi connectivity index (χ3v) is 3.35. The fraction of sp³-hybridized carbons (Fsp3) is 0.533. The van der Waals surface area contributed by atoms with Crippen molar-refractivity contribution < 1.29 is 0 Å². The summed E-state index contributed by atoms with van der Waals surface area (Å²) >= 11 is 6.19. The average molecular weight is 280 g/mol. The van der Waals surface area contributed by atoms with Crippen molar-refractivity contribution in [1.29, 1.82) is 0 Å². The topological polar surface area (TPSA) is 20.5 Å². The number of halogens is 1. The average Bonchev–Trinajstić information content (AvgIpc) is 2.56. The van der Waals surface area contributed by atoms with Gasteiger partial charge in [-0.3, -0.25) is 0 Å². The van der Waals surface area contributed by atoms with Crippen LogP contribution in [0.1, 0.15) is 37.7 Å². The predicted octanol–water partition coefficient (Wildman–Crippen LogP) is 3.66. The molecule has 0 spiro atoms. The van der Waals surface area contributed by atoms with Crippen LogP contribution in [0.3, 0.4) is 0 Å². The van der Waals surface area contributed by atoms with Crippen LogP contribution in [0, 0.1) is 6.92 Å². The van der Waals surface area contributed by atoms with Crippen molar-refractivity contribution in [2.24, 2.45) is 0 Å². The second-order valence-corrected chi connectivity index (χ2v) is 6.87. The lowest BCUT2D eigenvalue weighted by Crippen LogP contribution is -2.19. The first-order chi connectivity index (χ1) is 8.70. The zero-order chi connectivity index (χ0) is 14.4. The summed E-state index contributed by atoms with van der Waals surface area (Å²) in [6, 6.07) is 1.97. The Morgan fingerprint density at radius 2 is 1.95 bits per heavy atom. The Balaban J connectivity index is 2.78. The first-order valence-electron chi connectivity index (χ1n) is 6.52. The molecule has 0 saturated carbocycles. The van der Waals surface area contributed by atoms with Crippen LogP contribution in [0.5, 0.6) is 0 Å². The van der Waals surface area contributed by atoms with Crippen LogP contribution in [0.4, 0.5) is 0 Å². The van der Waals surface area contributed by atoms with Gasteiger partial charge in [0.25, 0.3) is 0 Å². The van der Waals surface area contributed by atoms with Gasteiger partial charge in [-0.05, 0) is 32.6 Å². The monoisotopic (exact) mass is 279 g/mol. The van der Waals surface area contributed by atoms with E-state index in [-0.39, 0.29) is 5.41 Å². The highest BCUT2D eigenvalue weighted by atomic mass is 35.5. The third kappa shape index (κ3) is 2.77. The van der Waals surface area contributed by atoms with Gasteiger partial charge in [0, 0.05) is 18.2 Å². The molecule has 3 nitrogen and oxygen atoms in total. The van der Waals surface area contributed by atoms with Crippen molar-refractivity contribution in [3.05, 3.63) is 34.2 Å². The Kier molecular flexibility index (Phi) is 3.63. The second-order valence-electron chi connectivity index (χ2n) is 6.43. The summed E-state index contributed by atoms with van der Waals surface area (Å²) in [5, 5.41) is 0.753. The highest BCUT2D eigenvalue weighted by Gasteiger charge is 2.24. The van der Waals surface area contributed by atoms with Crippen molar-refractivity contribution in [2.75, 3.05) is 14.1 Å². The molecular weight excluding hydrogens is 258 g/mol. The van der Waals surface area contributed by atoms with Gasteiger partial charge in [-0.1, -0.05) is 32.4 Å². The molecule has 2 heterocycles. The summed E-state index contributed by atoms with van der Waals surface area (Å²) in [5.74, 6) is 0. The summed E-state index contributed by atoms with van der Waals surface area (Å²) in [6.07, 6.45) is 1.96. The summed E-state index contributed by atoms with van der Waals surface area (Å²) < 4.78 is 2.14. The Morgan fingerprint density at radius 1 is 1.32 bits per heavy atom. The maximum Gasteiger partial charge on any atom is 0.140 e. The summed E-state index contributed by atoms with van der Waals surface area (Å²) in [4.78, 5) is 7.02. The number of fused-ring (bicyclic) bond motifs is 1. The van der Waals surface area contributed by atoms with Crippen LogP contribution in [0.15, 0.2) is 12.3 Å². The molecule has 0 aliphatic carbocycles. The minimum Gasteiger partial charge on any atom is -0.304 e. The number of imidazole rings is 1. The molecular formula is C15H22ClN3. The molecule has 0 atom stereocenters. The van der Waals surface area contributed by atoms with Crippen molar-refractivity contribution in [2.45, 2.75) is 39.7 Å². The lowest BCUT2D eigenvalue weighted by Gasteiger charge is -2.19. The van der Waals surface area contributed by atoms with Crippen molar-refractivity contribution in [3.8, 4) is 0 Å². The molecule has 0 bridgehead atoms. The van der Waals surface area contributed by atoms with E-state index in [0.717, 1.165) is 28.5 Å². The van der Waals surface area contributed by atoms with Gasteiger partial charge in [0.2, 0.25) is 0 Å². The number of hydrogen-bond acceptors (Lipinski definition) is 2. The molecule has 0 amide bonds. The standard InChI is InChI=1S/C15H22ClN3/c1-10-7-11(16)8-19-12(9-18(5)6)13(15(2,3)4)17-14(10)19/h7-8H,9H2,1-6H3. The number of rotatable bonds is 2. The van der Waals surface area contributed by atoms with E-state index in [1.807, 2.05) is 12.3 Å². The molecule has 0 saturated heterocycles. The first kappa shape index (κ1) is 14.4. The number of pyridine rings is 1. The smallest absolute Gasteiger partial charge is 0.140 e. The summed E-state index contributed by atoms with van der Waals surface area (Å²) in [7, 11) is 4.15. The quantitative estimate of drug-likeness (QED) is 0.836. The number of nitrogens with zero attached hydrogens (tertiary/aromatic N) is 3. The van der Waals surface area contributed by atoms with Gasteiger partial charge in [-0.25, -0.2) is 4.98 Å². The van der Waals surface area contributed by atoms with E-state index in [4.69, 9.17) is 16.6 Å². The van der Waals surface area contributed by atoms with Gasteiger partial charge in [0.05, 0.1) is 16.4 Å². The fourth-order valence-corrected chi connectivity index (χ4v) is 2.63. The molecule has 19 heavy (non-hydrogen) atoms. The summed E-state index contributed by atoms with van der Waals surface area (Å²) in [5.41, 5.74) is 4.51. The number of aryl methyl sites for hydroxylation is 1. The van der Waals surface area contributed by atoms with Crippen LogP contribution in [-0.2, 0) is 12.0 Å². The van der Waals surface area contributed by atoms with Crippen LogP contribution in [0.2, 0.25) is 5.02 Å². The van der Waals surface area contributed by atoms with Gasteiger partial charge in [-0.15, -0.1) is 0 Å². The first-order valence-corrected chi connectivity index (χ1v) is 6.90. The molecule has 2 rings (SSSR count). The Labute approximate surface area is 120 Å². The zero-order valence-corrected chi connectivity index (χ0v) is 13.3. The third-order valence-electron chi connectivity index (χ3n) is 3.15. The van der Waals surface area contributed by atoms with E-state index in [2.05, 4.69) is 51.1 Å². The fourth-order valence-electron chi connectivity index (χ4n) is 2.37. The molecule has 2 aromatic heterocycles. The lowest BCUT2D eigenvalue weighted by atomic mass is 9.90. The van der Waals surface area contributed by atoms with E-state index >= 15 is 0 Å². The Bertz CT molecular complexity index is 606. The number of hydrogen-bond donors (Lipinski definition) is 0. The Hall–Kier alpha value is -1.06. The molecule has 104 valence electrons. The van der Waals surface area contributed by atoms with Crippen LogP contribution >= 0.6 is 11.6 Å². The highest BCUT2D eigenvalue weighted by Crippen LogP contribution is 2.29. The minimum atomic E-state index is 0.0241. The van der Waals surface area contributed by atoms with Crippen LogP contribution < -0.4 is 0 Å². The van der Waals surface area contributed by atoms with Gasteiger partial charge < -0.3 is 9.30 Å². The van der Waals surface area contributed by atoms with Gasteiger partial charge in [-0.2, -0.15) is 0 Å². The number of aromatic nitrogens is 2.